The Morgan fingerprint density at radius 1 is 1.11 bits per heavy atom. The fraction of sp³-hybridized carbons (Fsp3) is 0.125. The third-order valence-electron chi connectivity index (χ3n) is 3.34. The van der Waals surface area contributed by atoms with Gasteiger partial charge in [0.1, 0.15) is 0 Å². The minimum Gasteiger partial charge on any atom is -0.324 e. The van der Waals surface area contributed by atoms with Crippen LogP contribution in [0.1, 0.15) is 17.2 Å². The molecule has 3 heteroatoms. The topological polar surface area (TPSA) is 26.0 Å². The van der Waals surface area contributed by atoms with Crippen molar-refractivity contribution < 1.29 is 0 Å². The second-order valence-corrected chi connectivity index (χ2v) is 6.92. The zero-order valence-corrected chi connectivity index (χ0v) is 12.7. The Balaban J connectivity index is 1.93. The molecule has 1 nitrogen and oxygen atoms in total. The van der Waals surface area contributed by atoms with Gasteiger partial charge in [-0.05, 0) is 55.7 Å². The summed E-state index contributed by atoms with van der Waals surface area (Å²) in [6.45, 7) is 0. The Hall–Kier alpha value is -1.16. The van der Waals surface area contributed by atoms with Crippen LogP contribution in [0.25, 0.3) is 10.8 Å². The molecule has 0 saturated carbocycles. The third kappa shape index (κ3) is 2.73. The quantitative estimate of drug-likeness (QED) is 0.725. The van der Waals surface area contributed by atoms with E-state index in [4.69, 9.17) is 5.73 Å². The van der Waals surface area contributed by atoms with E-state index in [1.807, 2.05) is 0 Å². The molecular formula is C16H14BrNS. The number of halogens is 1. The maximum absolute atomic E-state index is 6.32. The van der Waals surface area contributed by atoms with Gasteiger partial charge in [-0.25, -0.2) is 0 Å². The van der Waals surface area contributed by atoms with Crippen molar-refractivity contribution in [2.24, 2.45) is 5.73 Å². The molecule has 0 amide bonds. The van der Waals surface area contributed by atoms with Gasteiger partial charge in [-0.3, -0.25) is 0 Å². The molecule has 2 N–H and O–H groups in total. The Morgan fingerprint density at radius 2 is 1.89 bits per heavy atom. The summed E-state index contributed by atoms with van der Waals surface area (Å²) in [6.07, 6.45) is 0.866. The first-order valence-corrected chi connectivity index (χ1v) is 7.87. The largest absolute Gasteiger partial charge is 0.324 e. The van der Waals surface area contributed by atoms with Gasteiger partial charge in [-0.15, -0.1) is 11.3 Å². The van der Waals surface area contributed by atoms with Crippen LogP contribution in [-0.2, 0) is 6.42 Å². The molecule has 3 aromatic rings. The lowest BCUT2D eigenvalue weighted by atomic mass is 9.97. The van der Waals surface area contributed by atoms with Gasteiger partial charge in [0, 0.05) is 6.04 Å². The highest BCUT2D eigenvalue weighted by atomic mass is 79.9. The summed E-state index contributed by atoms with van der Waals surface area (Å²) in [4.78, 5) is 0. The van der Waals surface area contributed by atoms with Crippen molar-refractivity contribution in [3.05, 3.63) is 68.8 Å². The molecule has 0 aliphatic rings. The van der Waals surface area contributed by atoms with E-state index in [1.54, 1.807) is 11.3 Å². The number of fused-ring (bicyclic) bond motifs is 1. The third-order valence-corrected chi connectivity index (χ3v) is 4.86. The van der Waals surface area contributed by atoms with Gasteiger partial charge in [0.2, 0.25) is 0 Å². The molecule has 0 bridgehead atoms. The van der Waals surface area contributed by atoms with Gasteiger partial charge in [0.15, 0.2) is 0 Å². The summed E-state index contributed by atoms with van der Waals surface area (Å²) >= 11 is 5.17. The molecule has 96 valence electrons. The number of thiophene rings is 1. The zero-order chi connectivity index (χ0) is 13.2. The summed E-state index contributed by atoms with van der Waals surface area (Å²) in [5, 5.41) is 4.70. The zero-order valence-electron chi connectivity index (χ0n) is 10.3. The Kier molecular flexibility index (Phi) is 3.69. The van der Waals surface area contributed by atoms with Crippen LogP contribution in [0.3, 0.4) is 0 Å². The van der Waals surface area contributed by atoms with E-state index >= 15 is 0 Å². The number of rotatable bonds is 3. The van der Waals surface area contributed by atoms with Crippen molar-refractivity contribution >= 4 is 38.0 Å². The summed E-state index contributed by atoms with van der Waals surface area (Å²) < 4.78 is 1.14. The minimum atomic E-state index is 0.0494. The van der Waals surface area contributed by atoms with E-state index in [0.29, 0.717) is 0 Å². The molecule has 0 saturated heterocycles. The van der Waals surface area contributed by atoms with Crippen LogP contribution in [0.5, 0.6) is 0 Å². The molecule has 0 fully saturated rings. The fourth-order valence-electron chi connectivity index (χ4n) is 2.34. The number of benzene rings is 2. The minimum absolute atomic E-state index is 0.0494. The predicted octanol–water partition coefficient (Wildman–Crippen LogP) is 4.91. The van der Waals surface area contributed by atoms with Crippen LogP contribution < -0.4 is 5.73 Å². The van der Waals surface area contributed by atoms with Crippen LogP contribution >= 0.6 is 27.3 Å². The molecular weight excluding hydrogens is 318 g/mol. The number of hydrogen-bond acceptors (Lipinski definition) is 2. The lowest BCUT2D eigenvalue weighted by Gasteiger charge is -2.12. The molecule has 0 spiro atoms. The van der Waals surface area contributed by atoms with Crippen LogP contribution in [0.2, 0.25) is 0 Å². The highest BCUT2D eigenvalue weighted by molar-refractivity contribution is 9.11. The first-order valence-electron chi connectivity index (χ1n) is 6.20. The summed E-state index contributed by atoms with van der Waals surface area (Å²) in [5.74, 6) is 0. The molecule has 1 atom stereocenters. The Labute approximate surface area is 125 Å². The molecule has 1 unspecified atom stereocenters. The van der Waals surface area contributed by atoms with Gasteiger partial charge >= 0.3 is 0 Å². The highest BCUT2D eigenvalue weighted by Gasteiger charge is 2.10. The lowest BCUT2D eigenvalue weighted by molar-refractivity contribution is 0.728. The lowest BCUT2D eigenvalue weighted by Crippen LogP contribution is -2.12. The van der Waals surface area contributed by atoms with E-state index in [-0.39, 0.29) is 6.04 Å². The van der Waals surface area contributed by atoms with E-state index in [2.05, 4.69) is 69.8 Å². The predicted molar refractivity (Wildman–Crippen MR) is 86.6 cm³/mol. The average molecular weight is 332 g/mol. The molecule has 1 heterocycles. The number of hydrogen-bond donors (Lipinski definition) is 1. The van der Waals surface area contributed by atoms with Crippen molar-refractivity contribution in [3.63, 3.8) is 0 Å². The van der Waals surface area contributed by atoms with Crippen molar-refractivity contribution in [1.82, 2.24) is 0 Å². The van der Waals surface area contributed by atoms with Gasteiger partial charge < -0.3 is 5.73 Å². The molecule has 0 radical (unpaired) electrons. The standard InChI is InChI=1S/C16H14BrNS/c17-16-9-13(10-19-16)15(18)8-12-6-3-5-11-4-1-2-7-14(11)12/h1-7,9-10,15H,8,18H2. The monoisotopic (exact) mass is 331 g/mol. The van der Waals surface area contributed by atoms with Gasteiger partial charge in [0.05, 0.1) is 3.79 Å². The number of nitrogens with two attached hydrogens (primary N) is 1. The first kappa shape index (κ1) is 12.9. The maximum atomic E-state index is 6.32. The van der Waals surface area contributed by atoms with E-state index in [1.165, 1.54) is 21.9 Å². The fourth-order valence-corrected chi connectivity index (χ4v) is 3.58. The maximum Gasteiger partial charge on any atom is 0.0701 e. The second kappa shape index (κ2) is 5.45. The average Bonchev–Trinajstić information content (AvgIpc) is 2.86. The SMILES string of the molecule is NC(Cc1cccc2ccccc12)c1csc(Br)c1. The van der Waals surface area contributed by atoms with Crippen molar-refractivity contribution in [2.75, 3.05) is 0 Å². The normalized spacial score (nSPS) is 12.7. The van der Waals surface area contributed by atoms with Crippen LogP contribution in [0, 0.1) is 0 Å². The van der Waals surface area contributed by atoms with Gasteiger partial charge in [-0.2, -0.15) is 0 Å². The molecule has 0 aliphatic heterocycles. The Morgan fingerprint density at radius 3 is 2.68 bits per heavy atom. The van der Waals surface area contributed by atoms with Gasteiger partial charge in [0.25, 0.3) is 0 Å². The van der Waals surface area contributed by atoms with Crippen molar-refractivity contribution in [1.29, 1.82) is 0 Å². The van der Waals surface area contributed by atoms with Crippen LogP contribution in [0.15, 0.2) is 57.7 Å². The molecule has 1 aromatic heterocycles. The summed E-state index contributed by atoms with van der Waals surface area (Å²) in [5.41, 5.74) is 8.83. The summed E-state index contributed by atoms with van der Waals surface area (Å²) in [7, 11) is 0. The first-order chi connectivity index (χ1) is 9.24. The molecule has 2 aromatic carbocycles. The molecule has 3 rings (SSSR count). The second-order valence-electron chi connectivity index (χ2n) is 4.63. The smallest absolute Gasteiger partial charge is 0.0701 e. The molecule has 0 aliphatic carbocycles. The van der Waals surface area contributed by atoms with Crippen molar-refractivity contribution in [3.8, 4) is 0 Å². The summed E-state index contributed by atoms with van der Waals surface area (Å²) in [6, 6.07) is 17.0. The van der Waals surface area contributed by atoms with Gasteiger partial charge in [-0.1, -0.05) is 42.5 Å². The van der Waals surface area contributed by atoms with Crippen LogP contribution in [0.4, 0.5) is 0 Å². The highest BCUT2D eigenvalue weighted by Crippen LogP contribution is 2.28. The van der Waals surface area contributed by atoms with Crippen LogP contribution in [-0.4, -0.2) is 0 Å². The Bertz CT molecular complexity index is 699. The van der Waals surface area contributed by atoms with Crippen molar-refractivity contribution in [2.45, 2.75) is 12.5 Å². The van der Waals surface area contributed by atoms with E-state index < -0.39 is 0 Å². The van der Waals surface area contributed by atoms with E-state index in [9.17, 15) is 0 Å². The molecule has 19 heavy (non-hydrogen) atoms. The van der Waals surface area contributed by atoms with E-state index in [0.717, 1.165) is 10.2 Å².